The van der Waals surface area contributed by atoms with Gasteiger partial charge in [0.2, 0.25) is 0 Å². The monoisotopic (exact) mass is 505 g/mol. The molecule has 0 aromatic heterocycles. The molecular formula is C32H43NO4. The van der Waals surface area contributed by atoms with E-state index >= 15 is 0 Å². The largest absolute Gasteiger partial charge is 0.469 e. The molecule has 3 rings (SSSR count). The number of carbonyl (C=O) groups is 1. The van der Waals surface area contributed by atoms with Gasteiger partial charge in [-0.3, -0.25) is 4.79 Å². The van der Waals surface area contributed by atoms with Crippen LogP contribution in [0, 0.1) is 0 Å². The van der Waals surface area contributed by atoms with E-state index in [0.717, 1.165) is 37.7 Å². The fourth-order valence-electron chi connectivity index (χ4n) is 4.74. The maximum Gasteiger partial charge on any atom is 0.305 e. The first kappa shape index (κ1) is 28.8. The molecule has 0 unspecified atom stereocenters. The zero-order valence-corrected chi connectivity index (χ0v) is 22.8. The van der Waals surface area contributed by atoms with Gasteiger partial charge in [-0.25, -0.2) is 0 Å². The Morgan fingerprint density at radius 3 is 2.49 bits per heavy atom. The predicted molar refractivity (Wildman–Crippen MR) is 151 cm³/mol. The highest BCUT2D eigenvalue weighted by molar-refractivity contribution is 5.83. The minimum absolute atomic E-state index is 0.105. The molecule has 200 valence electrons. The van der Waals surface area contributed by atoms with Crippen LogP contribution in [-0.4, -0.2) is 43.0 Å². The van der Waals surface area contributed by atoms with Crippen LogP contribution in [0.4, 0.5) is 0 Å². The summed E-state index contributed by atoms with van der Waals surface area (Å²) in [5, 5.41) is 16.6. The normalized spacial score (nSPS) is 13.4. The molecule has 0 fully saturated rings. The van der Waals surface area contributed by atoms with E-state index in [4.69, 9.17) is 9.47 Å². The smallest absolute Gasteiger partial charge is 0.305 e. The summed E-state index contributed by atoms with van der Waals surface area (Å²) in [6.45, 7) is 7.11. The van der Waals surface area contributed by atoms with E-state index in [2.05, 4.69) is 79.8 Å². The van der Waals surface area contributed by atoms with Crippen LogP contribution in [0.2, 0.25) is 0 Å². The van der Waals surface area contributed by atoms with Gasteiger partial charge in [0.05, 0.1) is 25.9 Å². The molecule has 5 heteroatoms. The van der Waals surface area contributed by atoms with Crippen molar-refractivity contribution < 1.29 is 19.4 Å². The van der Waals surface area contributed by atoms with Crippen LogP contribution in [-0.2, 0) is 27.1 Å². The van der Waals surface area contributed by atoms with Gasteiger partial charge in [-0.1, -0.05) is 73.2 Å². The first-order valence-electron chi connectivity index (χ1n) is 13.4. The SMILES string of the molecule is COC(=O)CCCCCc1ccccc1[C@@H](C)OC[C@@H](O)CNC(C)(C)Cc1ccc2ccccc2c1. The summed E-state index contributed by atoms with van der Waals surface area (Å²) in [5.74, 6) is -0.146. The number of β-amino-alcohol motifs (C(OH)–C–C–N with tert-alkyl or cyclic N) is 1. The minimum Gasteiger partial charge on any atom is -0.469 e. The average molecular weight is 506 g/mol. The molecule has 3 aromatic rings. The summed E-state index contributed by atoms with van der Waals surface area (Å²) in [6, 6.07) is 23.3. The highest BCUT2D eigenvalue weighted by Gasteiger charge is 2.20. The van der Waals surface area contributed by atoms with Crippen LogP contribution < -0.4 is 5.32 Å². The van der Waals surface area contributed by atoms with Crippen molar-refractivity contribution in [2.24, 2.45) is 0 Å². The number of benzene rings is 3. The van der Waals surface area contributed by atoms with Crippen LogP contribution in [0.25, 0.3) is 10.8 Å². The molecule has 0 aliphatic rings. The topological polar surface area (TPSA) is 67.8 Å². The second-order valence-corrected chi connectivity index (χ2v) is 10.6. The number of esters is 1. The predicted octanol–water partition coefficient (Wildman–Crippen LogP) is 6.17. The summed E-state index contributed by atoms with van der Waals surface area (Å²) < 4.78 is 10.8. The van der Waals surface area contributed by atoms with Crippen molar-refractivity contribution in [2.45, 2.75) is 77.0 Å². The molecule has 0 radical (unpaired) electrons. The number of aliphatic hydroxyl groups excluding tert-OH is 1. The van der Waals surface area contributed by atoms with Crippen LogP contribution >= 0.6 is 0 Å². The Bertz CT molecular complexity index is 1130. The lowest BCUT2D eigenvalue weighted by Gasteiger charge is -2.28. The zero-order chi connectivity index (χ0) is 26.7. The molecule has 2 atom stereocenters. The molecule has 2 N–H and O–H groups in total. The summed E-state index contributed by atoms with van der Waals surface area (Å²) in [4.78, 5) is 11.3. The fourth-order valence-corrected chi connectivity index (χ4v) is 4.74. The Labute approximate surface area is 222 Å². The number of aliphatic hydroxyl groups is 1. The van der Waals surface area contributed by atoms with E-state index in [1.54, 1.807) is 0 Å². The van der Waals surface area contributed by atoms with Gasteiger partial charge in [0.15, 0.2) is 0 Å². The Hall–Kier alpha value is -2.73. The molecule has 0 aliphatic heterocycles. The minimum atomic E-state index is -0.594. The summed E-state index contributed by atoms with van der Waals surface area (Å²) >= 11 is 0. The van der Waals surface area contributed by atoms with Gasteiger partial charge in [-0.15, -0.1) is 0 Å². The highest BCUT2D eigenvalue weighted by atomic mass is 16.5. The third-order valence-electron chi connectivity index (χ3n) is 6.86. The first-order valence-corrected chi connectivity index (χ1v) is 13.4. The number of aryl methyl sites for hydroxylation is 1. The first-order chi connectivity index (χ1) is 17.8. The lowest BCUT2D eigenvalue weighted by molar-refractivity contribution is -0.140. The molecule has 5 nitrogen and oxygen atoms in total. The number of nitrogens with one attached hydrogen (secondary N) is 1. The Morgan fingerprint density at radius 1 is 0.973 bits per heavy atom. The third kappa shape index (κ3) is 9.58. The molecule has 0 heterocycles. The number of methoxy groups -OCH3 is 1. The van der Waals surface area contributed by atoms with Gasteiger partial charge in [-0.05, 0) is 73.9 Å². The number of rotatable bonds is 15. The van der Waals surface area contributed by atoms with Gasteiger partial charge >= 0.3 is 5.97 Å². The number of hydrogen-bond donors (Lipinski definition) is 2. The molecule has 3 aromatic carbocycles. The Morgan fingerprint density at radius 2 is 1.70 bits per heavy atom. The van der Waals surface area contributed by atoms with Gasteiger partial charge in [0, 0.05) is 18.5 Å². The average Bonchev–Trinajstić information content (AvgIpc) is 2.90. The standard InChI is InChI=1S/C32H43NO4/c1-24(30-16-11-10-14-27(30)13-6-5-7-17-31(35)36-4)37-23-29(34)22-33-32(2,3)21-25-18-19-26-12-8-9-15-28(26)20-25/h8-12,14-16,18-20,24,29,33-34H,5-7,13,17,21-23H2,1-4H3/t24-,29+/m1/s1. The number of hydrogen-bond acceptors (Lipinski definition) is 5. The number of unbranched alkanes of at least 4 members (excludes halogenated alkanes) is 2. The quantitative estimate of drug-likeness (QED) is 0.191. The molecular weight excluding hydrogens is 462 g/mol. The van der Waals surface area contributed by atoms with Gasteiger partial charge in [0.25, 0.3) is 0 Å². The fraction of sp³-hybridized carbons (Fsp3) is 0.469. The van der Waals surface area contributed by atoms with E-state index in [9.17, 15) is 9.90 Å². The lowest BCUT2D eigenvalue weighted by Crippen LogP contribution is -2.46. The molecule has 0 aliphatic carbocycles. The van der Waals surface area contributed by atoms with E-state index in [1.165, 1.54) is 29.0 Å². The molecule has 0 spiro atoms. The summed E-state index contributed by atoms with van der Waals surface area (Å²) in [5.41, 5.74) is 3.54. The lowest BCUT2D eigenvalue weighted by atomic mass is 9.93. The molecule has 0 amide bonds. The van der Waals surface area contributed by atoms with Crippen molar-refractivity contribution in [3.8, 4) is 0 Å². The Kier molecular flexibility index (Phi) is 11.1. The van der Waals surface area contributed by atoms with E-state index in [1.807, 2.05) is 13.0 Å². The summed E-state index contributed by atoms with van der Waals surface area (Å²) in [6.07, 6.45) is 4.43. The van der Waals surface area contributed by atoms with Crippen LogP contribution in [0.1, 0.15) is 69.2 Å². The summed E-state index contributed by atoms with van der Waals surface area (Å²) in [7, 11) is 1.43. The second-order valence-electron chi connectivity index (χ2n) is 10.6. The maximum absolute atomic E-state index is 11.3. The van der Waals surface area contributed by atoms with Crippen LogP contribution in [0.15, 0.2) is 66.7 Å². The van der Waals surface area contributed by atoms with Gasteiger partial charge < -0.3 is 19.9 Å². The van der Waals surface area contributed by atoms with Crippen LogP contribution in [0.5, 0.6) is 0 Å². The maximum atomic E-state index is 11.3. The van der Waals surface area contributed by atoms with E-state index in [-0.39, 0.29) is 24.2 Å². The Balaban J connectivity index is 1.43. The van der Waals surface area contributed by atoms with Gasteiger partial charge in [0.1, 0.15) is 0 Å². The molecule has 37 heavy (non-hydrogen) atoms. The van der Waals surface area contributed by atoms with Gasteiger partial charge in [-0.2, -0.15) is 0 Å². The molecule has 0 saturated carbocycles. The van der Waals surface area contributed by atoms with Crippen LogP contribution in [0.3, 0.4) is 0 Å². The van der Waals surface area contributed by atoms with E-state index in [0.29, 0.717) is 13.0 Å². The third-order valence-corrected chi connectivity index (χ3v) is 6.86. The number of ether oxygens (including phenoxy) is 2. The zero-order valence-electron chi connectivity index (χ0n) is 22.8. The second kappa shape index (κ2) is 14.3. The highest BCUT2D eigenvalue weighted by Crippen LogP contribution is 2.24. The molecule has 0 saturated heterocycles. The molecule has 0 bridgehead atoms. The van der Waals surface area contributed by atoms with Crippen molar-refractivity contribution in [2.75, 3.05) is 20.3 Å². The van der Waals surface area contributed by atoms with Crippen molar-refractivity contribution in [1.29, 1.82) is 0 Å². The number of fused-ring (bicyclic) bond motifs is 1. The van der Waals surface area contributed by atoms with Crippen molar-refractivity contribution in [3.05, 3.63) is 83.4 Å². The van der Waals surface area contributed by atoms with Crippen molar-refractivity contribution >= 4 is 16.7 Å². The van der Waals surface area contributed by atoms with Crippen molar-refractivity contribution in [1.82, 2.24) is 5.32 Å². The number of carbonyl (C=O) groups excluding carboxylic acids is 1. The van der Waals surface area contributed by atoms with E-state index < -0.39 is 6.10 Å². The van der Waals surface area contributed by atoms with Crippen molar-refractivity contribution in [3.63, 3.8) is 0 Å².